The molecule has 1 aliphatic heterocycles. The van der Waals surface area contributed by atoms with Crippen LogP contribution in [0.3, 0.4) is 0 Å². The largest absolute Gasteiger partial charge is 0.497 e. The van der Waals surface area contributed by atoms with Gasteiger partial charge in [-0.1, -0.05) is 5.10 Å². The maximum atomic E-state index is 14.3. The second kappa shape index (κ2) is 6.46. The summed E-state index contributed by atoms with van der Waals surface area (Å²) in [6.45, 7) is 1.26. The molecule has 2 atom stereocenters. The first-order valence-corrected chi connectivity index (χ1v) is 7.32. The zero-order chi connectivity index (χ0) is 18.1. The van der Waals surface area contributed by atoms with E-state index in [9.17, 15) is 18.4 Å². The fourth-order valence-electron chi connectivity index (χ4n) is 2.65. The van der Waals surface area contributed by atoms with Crippen LogP contribution in [0.1, 0.15) is 29.1 Å². The van der Waals surface area contributed by atoms with Gasteiger partial charge in [-0.05, 0) is 0 Å². The molecule has 1 amide bonds. The number of hydrogen-bond acceptors (Lipinski definition) is 7. The van der Waals surface area contributed by atoms with Crippen molar-refractivity contribution in [1.29, 1.82) is 0 Å². The van der Waals surface area contributed by atoms with Gasteiger partial charge < -0.3 is 19.8 Å². The molecule has 0 spiro atoms. The summed E-state index contributed by atoms with van der Waals surface area (Å²) in [5.41, 5.74) is -0.261. The van der Waals surface area contributed by atoms with Gasteiger partial charge in [-0.15, -0.1) is 5.10 Å². The zero-order valence-electron chi connectivity index (χ0n) is 13.3. The lowest BCUT2D eigenvalue weighted by atomic mass is 9.93. The Morgan fingerprint density at radius 2 is 2.04 bits per heavy atom. The highest BCUT2D eigenvalue weighted by Gasteiger charge is 2.40. The average Bonchev–Trinajstić information content (AvgIpc) is 3.16. The summed E-state index contributed by atoms with van der Waals surface area (Å²) in [7, 11) is 1.29. The highest BCUT2D eigenvalue weighted by Crippen LogP contribution is 2.32. The first kappa shape index (κ1) is 16.8. The summed E-state index contributed by atoms with van der Waals surface area (Å²) in [6.07, 6.45) is 0. The molecule has 25 heavy (non-hydrogen) atoms. The third kappa shape index (κ3) is 3.14. The van der Waals surface area contributed by atoms with Crippen molar-refractivity contribution in [2.45, 2.75) is 18.9 Å². The standard InChI is InChI=1S/C15H14F2N4O4/c1-6(22)14-20-21-15(25-14)19-12-8(5-18-13(12)23)11-9(16)3-7(24-2)4-10(11)17/h3-4,8,12H,5H2,1-2H3,(H,18,23)(H,19,21)/t8-,12-/m0/s1. The third-order valence-electron chi connectivity index (χ3n) is 3.85. The number of nitrogens with zero attached hydrogens (tertiary/aromatic N) is 2. The number of rotatable bonds is 5. The van der Waals surface area contributed by atoms with Gasteiger partial charge in [0.1, 0.15) is 23.4 Å². The van der Waals surface area contributed by atoms with Crippen molar-refractivity contribution in [3.05, 3.63) is 35.2 Å². The Morgan fingerprint density at radius 1 is 1.36 bits per heavy atom. The number of carbonyl (C=O) groups is 2. The number of nitrogens with one attached hydrogen (secondary N) is 2. The molecule has 0 unspecified atom stereocenters. The summed E-state index contributed by atoms with van der Waals surface area (Å²) in [5.74, 6) is -3.66. The molecule has 2 aromatic rings. The van der Waals surface area contributed by atoms with Crippen molar-refractivity contribution < 1.29 is 27.5 Å². The molecule has 3 rings (SSSR count). The van der Waals surface area contributed by atoms with Crippen LogP contribution in [0, 0.1) is 11.6 Å². The van der Waals surface area contributed by atoms with E-state index in [1.165, 1.54) is 14.0 Å². The second-order valence-electron chi connectivity index (χ2n) is 5.45. The molecule has 1 aromatic heterocycles. The number of halogens is 2. The molecule has 1 fully saturated rings. The Balaban J connectivity index is 1.90. The minimum atomic E-state index is -1.04. The van der Waals surface area contributed by atoms with E-state index in [0.29, 0.717) is 0 Å². The molecule has 0 bridgehead atoms. The average molecular weight is 352 g/mol. The van der Waals surface area contributed by atoms with Crippen LogP contribution in [0.4, 0.5) is 14.8 Å². The number of methoxy groups -OCH3 is 1. The minimum absolute atomic E-state index is 0.0182. The van der Waals surface area contributed by atoms with Crippen LogP contribution in [-0.4, -0.2) is 41.6 Å². The Hall–Kier alpha value is -3.04. The van der Waals surface area contributed by atoms with E-state index in [1.54, 1.807) is 0 Å². The van der Waals surface area contributed by atoms with Gasteiger partial charge in [-0.3, -0.25) is 9.59 Å². The first-order chi connectivity index (χ1) is 11.9. The Morgan fingerprint density at radius 3 is 2.60 bits per heavy atom. The lowest BCUT2D eigenvalue weighted by Crippen LogP contribution is -2.33. The van der Waals surface area contributed by atoms with Crippen molar-refractivity contribution in [2.75, 3.05) is 19.0 Å². The number of Topliss-reactive ketones (excluding diaryl/α,β-unsaturated/α-hetero) is 1. The van der Waals surface area contributed by atoms with Gasteiger partial charge in [-0.25, -0.2) is 8.78 Å². The first-order valence-electron chi connectivity index (χ1n) is 7.32. The van der Waals surface area contributed by atoms with Crippen LogP contribution in [0.25, 0.3) is 0 Å². The van der Waals surface area contributed by atoms with Gasteiger partial charge >= 0.3 is 6.01 Å². The van der Waals surface area contributed by atoms with E-state index in [4.69, 9.17) is 9.15 Å². The quantitative estimate of drug-likeness (QED) is 0.780. The van der Waals surface area contributed by atoms with Crippen molar-refractivity contribution in [3.63, 3.8) is 0 Å². The van der Waals surface area contributed by atoms with Crippen LogP contribution in [0.5, 0.6) is 5.75 Å². The molecular weight excluding hydrogens is 338 g/mol. The van der Waals surface area contributed by atoms with Gasteiger partial charge in [-0.2, -0.15) is 0 Å². The smallest absolute Gasteiger partial charge is 0.316 e. The van der Waals surface area contributed by atoms with Crippen molar-refractivity contribution in [1.82, 2.24) is 15.5 Å². The molecule has 0 saturated carbocycles. The summed E-state index contributed by atoms with van der Waals surface area (Å²) < 4.78 is 38.5. The maximum Gasteiger partial charge on any atom is 0.316 e. The normalized spacial score (nSPS) is 19.6. The SMILES string of the molecule is COc1cc(F)c([C@@H]2CNC(=O)[C@H]2Nc2nnc(C(C)=O)o2)c(F)c1. The molecule has 1 saturated heterocycles. The Kier molecular flexibility index (Phi) is 4.34. The van der Waals surface area contributed by atoms with Crippen LogP contribution in [0.2, 0.25) is 0 Å². The number of carbonyl (C=O) groups excluding carboxylic acids is 2. The summed E-state index contributed by atoms with van der Waals surface area (Å²) in [5, 5.41) is 12.3. The zero-order valence-corrected chi connectivity index (χ0v) is 13.3. The van der Waals surface area contributed by atoms with E-state index in [1.807, 2.05) is 0 Å². The lowest BCUT2D eigenvalue weighted by Gasteiger charge is -2.19. The molecule has 8 nitrogen and oxygen atoms in total. The van der Waals surface area contributed by atoms with E-state index in [-0.39, 0.29) is 29.8 Å². The van der Waals surface area contributed by atoms with E-state index < -0.39 is 35.3 Å². The lowest BCUT2D eigenvalue weighted by molar-refractivity contribution is -0.119. The molecule has 2 N–H and O–H groups in total. The van der Waals surface area contributed by atoms with Crippen LogP contribution in [0.15, 0.2) is 16.5 Å². The van der Waals surface area contributed by atoms with E-state index in [2.05, 4.69) is 20.8 Å². The minimum Gasteiger partial charge on any atom is -0.497 e. The summed E-state index contributed by atoms with van der Waals surface area (Å²) in [6, 6.07) is 0.849. The topological polar surface area (TPSA) is 106 Å². The molecule has 10 heteroatoms. The molecule has 0 aliphatic carbocycles. The van der Waals surface area contributed by atoms with Gasteiger partial charge in [0.05, 0.1) is 7.11 Å². The van der Waals surface area contributed by atoms with Crippen molar-refractivity contribution in [3.8, 4) is 5.75 Å². The highest BCUT2D eigenvalue weighted by molar-refractivity contribution is 5.90. The van der Waals surface area contributed by atoms with Gasteiger partial charge in [0, 0.05) is 37.1 Å². The number of hydrogen-bond donors (Lipinski definition) is 2. The third-order valence-corrected chi connectivity index (χ3v) is 3.85. The number of ether oxygens (including phenoxy) is 1. The Bertz CT molecular complexity index is 816. The summed E-state index contributed by atoms with van der Waals surface area (Å²) >= 11 is 0. The molecule has 2 heterocycles. The summed E-state index contributed by atoms with van der Waals surface area (Å²) in [4.78, 5) is 23.2. The predicted octanol–water partition coefficient (Wildman–Crippen LogP) is 1.25. The number of ketones is 1. The van der Waals surface area contributed by atoms with E-state index in [0.717, 1.165) is 12.1 Å². The second-order valence-corrected chi connectivity index (χ2v) is 5.45. The molecule has 1 aromatic carbocycles. The number of anilines is 1. The van der Waals surface area contributed by atoms with Crippen molar-refractivity contribution in [2.24, 2.45) is 0 Å². The van der Waals surface area contributed by atoms with Gasteiger partial charge in [0.15, 0.2) is 0 Å². The monoisotopic (exact) mass is 352 g/mol. The molecule has 0 radical (unpaired) electrons. The van der Waals surface area contributed by atoms with Crippen LogP contribution < -0.4 is 15.4 Å². The van der Waals surface area contributed by atoms with Crippen molar-refractivity contribution >= 4 is 17.7 Å². The van der Waals surface area contributed by atoms with Crippen LogP contribution >= 0.6 is 0 Å². The van der Waals surface area contributed by atoms with E-state index >= 15 is 0 Å². The maximum absolute atomic E-state index is 14.3. The molecule has 1 aliphatic rings. The number of benzene rings is 1. The Labute approximate surface area is 140 Å². The van der Waals surface area contributed by atoms with Gasteiger partial charge in [0.2, 0.25) is 11.7 Å². The number of amides is 1. The molecule has 132 valence electrons. The number of aromatic nitrogens is 2. The molecular formula is C15H14F2N4O4. The predicted molar refractivity (Wildman–Crippen MR) is 80.4 cm³/mol. The fraction of sp³-hybridized carbons (Fsp3) is 0.333. The van der Waals surface area contributed by atoms with Crippen LogP contribution in [-0.2, 0) is 4.79 Å². The van der Waals surface area contributed by atoms with Gasteiger partial charge in [0.25, 0.3) is 5.89 Å². The highest BCUT2D eigenvalue weighted by atomic mass is 19.1. The fourth-order valence-corrected chi connectivity index (χ4v) is 2.65.